The maximum absolute atomic E-state index is 12.8. The predicted octanol–water partition coefficient (Wildman–Crippen LogP) is 46.9. The number of nitrogens with zero attached hydrogens (tertiary/aromatic N) is 2. The van der Waals surface area contributed by atoms with Gasteiger partial charge in [0.2, 0.25) is 11.4 Å². The Bertz CT molecular complexity index is 2650. The molecular formula is C128H238N2Ni. The van der Waals surface area contributed by atoms with Gasteiger partial charge >= 0.3 is 166 Å². The first kappa shape index (κ1) is 125. The van der Waals surface area contributed by atoms with Gasteiger partial charge in [0.15, 0.2) is 0 Å². The molecule has 131 heavy (non-hydrogen) atoms. The summed E-state index contributed by atoms with van der Waals surface area (Å²) in [5, 5.41) is 2.87. The van der Waals surface area contributed by atoms with Crippen LogP contribution in [0.5, 0.6) is 0 Å². The predicted molar refractivity (Wildman–Crippen MR) is 593 cm³/mol. The molecule has 0 aliphatic carbocycles. The molecule has 2 nitrogen and oxygen atoms in total. The van der Waals surface area contributed by atoms with Crippen molar-refractivity contribution < 1.29 is 19.1 Å². The Kier molecular flexibility index (Phi) is 96.4. The molecule has 1 aliphatic rings. The number of aryl methyl sites for hydroxylation is 4. The van der Waals surface area contributed by atoms with E-state index >= 15 is 0 Å². The molecule has 770 valence electrons. The van der Waals surface area contributed by atoms with Crippen LogP contribution in [0.2, 0.25) is 10.8 Å². The average molecular weight is 1860 g/mol. The van der Waals surface area contributed by atoms with Gasteiger partial charge in [-0.1, -0.05) is 480 Å². The molecule has 3 heteroatoms. The van der Waals surface area contributed by atoms with E-state index in [0.717, 1.165) is 56.3 Å². The average Bonchev–Trinajstić information content (AvgIpc) is 1.64. The van der Waals surface area contributed by atoms with Crippen molar-refractivity contribution in [1.29, 1.82) is 0 Å². The number of hydrogen-bond acceptors (Lipinski definition) is 0. The van der Waals surface area contributed by atoms with Gasteiger partial charge in [-0.25, -0.2) is 4.70 Å². The quantitative estimate of drug-likeness (QED) is 0.0358. The van der Waals surface area contributed by atoms with Crippen LogP contribution < -0.4 is 0 Å². The summed E-state index contributed by atoms with van der Waals surface area (Å²) in [4.78, 5) is 0. The third kappa shape index (κ3) is 75.6. The third-order valence-corrected chi connectivity index (χ3v) is 31.6. The molecule has 0 radical (unpaired) electrons. The van der Waals surface area contributed by atoms with Crippen LogP contribution in [0.1, 0.15) is 717 Å². The van der Waals surface area contributed by atoms with Gasteiger partial charge < -0.3 is 5.53 Å². The number of benzene rings is 2. The number of allylic oxidation sites excluding steroid dienone is 2. The third-order valence-electron chi connectivity index (χ3n) is 30.2. The van der Waals surface area contributed by atoms with Crippen molar-refractivity contribution in [2.75, 3.05) is 0 Å². The molecule has 0 saturated heterocycles. The summed E-state index contributed by atoms with van der Waals surface area (Å²) in [6.45, 7) is 21.0. The van der Waals surface area contributed by atoms with Crippen LogP contribution in [0.4, 0.5) is 0 Å². The monoisotopic (exact) mass is 1860 g/mol. The van der Waals surface area contributed by atoms with Gasteiger partial charge in [-0.2, -0.15) is 0 Å². The SMILES string of the molecule is CCCCCCCCCCCCCCCCCCCCCCCCCCCCc1c(CCCC)cc(C2=CC(CCCC)=C(c3cc(CCCC)c(CCCCCCCCCCCCCCCCCCCCCCCCCCCC)c(CCCC)c3)[N+]2=[N-])cc1CCCC.CCCCCCCCCCCCCCCCC[CH2][Ni][CH2]CCCCCCCCCCCCCCCCC. The molecule has 0 atom stereocenters. The molecule has 3 rings (SSSR count). The molecule has 1 heterocycles. The van der Waals surface area contributed by atoms with E-state index in [2.05, 4.69) is 92.7 Å². The first-order chi connectivity index (χ1) is 64.9. The summed E-state index contributed by atoms with van der Waals surface area (Å²) >= 11 is 2.04. The molecule has 0 saturated carbocycles. The molecule has 1 aliphatic heterocycles. The van der Waals surface area contributed by atoms with Gasteiger partial charge in [0.1, 0.15) is 0 Å². The molecule has 0 bridgehead atoms. The molecule has 0 N–H and O–H groups in total. The van der Waals surface area contributed by atoms with E-state index in [1.54, 1.807) is 38.1 Å². The van der Waals surface area contributed by atoms with E-state index in [1.807, 2.05) is 14.4 Å². The summed E-state index contributed by atoms with van der Waals surface area (Å²) in [5.74, 6) is 0. The minimum Gasteiger partial charge on any atom is -0.0654 e. The Morgan fingerprint density at radius 3 is 0.527 bits per heavy atom. The van der Waals surface area contributed by atoms with E-state index in [0.29, 0.717) is 0 Å². The van der Waals surface area contributed by atoms with Crippen LogP contribution in [0.15, 0.2) is 35.9 Å². The van der Waals surface area contributed by atoms with Crippen molar-refractivity contribution >= 4 is 11.4 Å². The topological polar surface area (TPSA) is 25.3 Å². The zero-order chi connectivity index (χ0) is 94.0. The van der Waals surface area contributed by atoms with Crippen LogP contribution in [0.25, 0.3) is 16.9 Å². The fraction of sp³-hybridized carbons (Fsp3) is 0.875. The summed E-state index contributed by atoms with van der Waals surface area (Å²) < 4.78 is 1.67. The molecule has 0 aromatic heterocycles. The Balaban J connectivity index is 0.00000131. The van der Waals surface area contributed by atoms with Crippen LogP contribution in [0, 0.1) is 0 Å². The van der Waals surface area contributed by atoms with Crippen molar-refractivity contribution in [1.82, 2.24) is 0 Å². The normalized spacial score (nSPS) is 12.3. The summed E-state index contributed by atoms with van der Waals surface area (Å²) in [7, 11) is 0. The summed E-state index contributed by atoms with van der Waals surface area (Å²) in [5.41, 5.74) is 28.2. The second-order valence-electron chi connectivity index (χ2n) is 43.0. The van der Waals surface area contributed by atoms with Crippen molar-refractivity contribution in [3.8, 4) is 0 Å². The molecule has 2 aromatic rings. The van der Waals surface area contributed by atoms with Crippen molar-refractivity contribution in [3.63, 3.8) is 0 Å². The van der Waals surface area contributed by atoms with E-state index in [4.69, 9.17) is 0 Å². The standard InChI is InChI=1S/C92H164N2.2C18H37.Ni/c1-8-15-22-24-26-28-30-32-34-36-38-40-42-44-46-48-50-52-54-56-58-60-62-64-66-68-75-89-82(70-17-10-3)77-87(78-83(89)71-18-11-4)91-81-86(74-21-14-7)92(94(91)93)88-79-84(72-19-12-5)90(85(80-88)73-20-13-6)76-69-67-65-63-61-59-57-55-53-51-49-47-45-43-41-39-37-35-33-31-29-27-25-23-16-9-2;2*1-3-5-7-9-11-13-15-17-18-16-14-12-10-8-6-4-2;/h77-81H,8-76H2,1-7H3;2*1,3-18H2,2H3;. The van der Waals surface area contributed by atoms with Crippen molar-refractivity contribution in [2.45, 2.75) is 722 Å². The Morgan fingerprint density at radius 1 is 0.176 bits per heavy atom. The van der Waals surface area contributed by atoms with Crippen LogP contribution >= 0.6 is 0 Å². The number of rotatable bonds is 105. The second kappa shape index (κ2) is 101. The maximum atomic E-state index is 12.8. The molecular weight excluding hydrogens is 1620 g/mol. The van der Waals surface area contributed by atoms with Gasteiger partial charge in [0, 0.05) is 22.8 Å². The Hall–Kier alpha value is -1.99. The molecule has 0 amide bonds. The van der Waals surface area contributed by atoms with Crippen molar-refractivity contribution in [2.24, 2.45) is 0 Å². The van der Waals surface area contributed by atoms with Crippen molar-refractivity contribution in [3.05, 3.63) is 86.0 Å². The number of hydrogen-bond donors (Lipinski definition) is 0. The summed E-state index contributed by atoms with van der Waals surface area (Å²) in [6, 6.07) is 10.2. The molecule has 0 spiro atoms. The zero-order valence-corrected chi connectivity index (χ0v) is 92.4. The van der Waals surface area contributed by atoms with Crippen LogP contribution in [-0.4, -0.2) is 4.70 Å². The first-order valence-electron chi connectivity index (χ1n) is 61.6. The Labute approximate surface area is 832 Å². The fourth-order valence-electron chi connectivity index (χ4n) is 21.2. The van der Waals surface area contributed by atoms with E-state index in [-0.39, 0.29) is 0 Å². The van der Waals surface area contributed by atoms with Gasteiger partial charge in [0.05, 0.1) is 0 Å². The van der Waals surface area contributed by atoms with E-state index in [9.17, 15) is 5.53 Å². The van der Waals surface area contributed by atoms with Gasteiger partial charge in [-0.3, -0.25) is 0 Å². The van der Waals surface area contributed by atoms with E-state index < -0.39 is 0 Å². The Morgan fingerprint density at radius 2 is 0.336 bits per heavy atom. The summed E-state index contributed by atoms with van der Waals surface area (Å²) in [6.07, 6.45) is 145. The van der Waals surface area contributed by atoms with Crippen LogP contribution in [-0.2, 0) is 53.0 Å². The zero-order valence-electron chi connectivity index (χ0n) is 91.4. The fourth-order valence-corrected chi connectivity index (χ4v) is 22.5. The molecule has 0 fully saturated rings. The number of unbranched alkanes of at least 4 members (excludes halogenated alkanes) is 85. The smallest absolute Gasteiger partial charge is 0.0654 e. The first-order valence-corrected chi connectivity index (χ1v) is 63.0. The molecule has 2 aromatic carbocycles. The minimum absolute atomic E-state index is 1.00. The van der Waals surface area contributed by atoms with Gasteiger partial charge in [-0.15, -0.1) is 0 Å². The van der Waals surface area contributed by atoms with Crippen LogP contribution in [0.3, 0.4) is 0 Å². The van der Waals surface area contributed by atoms with Gasteiger partial charge in [-0.05, 0) is 148 Å². The second-order valence-corrected chi connectivity index (χ2v) is 44.5. The van der Waals surface area contributed by atoms with E-state index in [1.165, 1.54) is 631 Å². The van der Waals surface area contributed by atoms with Gasteiger partial charge in [0.25, 0.3) is 0 Å². The minimum atomic E-state index is 1.00. The molecule has 0 unspecified atom stereocenters.